The SMILES string of the molecule is C/C=C/c1ccc2n(c1=O)C[C@H]1[C@H](CO)[C@@H](C(=O)NCCC)N(Cc3ccccn3)[C@@H]21. The highest BCUT2D eigenvalue weighted by atomic mass is 16.3. The smallest absolute Gasteiger partial charge is 0.258 e. The number of rotatable bonds is 7. The molecule has 0 radical (unpaired) electrons. The second-order valence-electron chi connectivity index (χ2n) is 8.31. The van der Waals surface area contributed by atoms with E-state index < -0.39 is 6.04 Å². The number of hydrogen-bond acceptors (Lipinski definition) is 5. The molecule has 7 heteroatoms. The Morgan fingerprint density at radius 3 is 2.84 bits per heavy atom. The third-order valence-corrected chi connectivity index (χ3v) is 6.46. The molecule has 2 aliphatic rings. The Morgan fingerprint density at radius 1 is 1.32 bits per heavy atom. The third-order valence-electron chi connectivity index (χ3n) is 6.46. The average Bonchev–Trinajstić information content (AvgIpc) is 3.30. The highest BCUT2D eigenvalue weighted by Gasteiger charge is 2.55. The molecule has 1 saturated heterocycles. The molecule has 0 bridgehead atoms. The van der Waals surface area contributed by atoms with Crippen LogP contribution in [0, 0.1) is 11.8 Å². The Kier molecular flexibility index (Phi) is 6.34. The fraction of sp³-hybridized carbons (Fsp3) is 0.458. The topological polar surface area (TPSA) is 87.5 Å². The molecule has 1 fully saturated rings. The van der Waals surface area contributed by atoms with Crippen LogP contribution in [0.5, 0.6) is 0 Å². The zero-order chi connectivity index (χ0) is 22.0. The van der Waals surface area contributed by atoms with E-state index in [0.717, 1.165) is 17.8 Å². The predicted octanol–water partition coefficient (Wildman–Crippen LogP) is 1.97. The van der Waals surface area contributed by atoms with Crippen LogP contribution in [0.4, 0.5) is 0 Å². The zero-order valence-electron chi connectivity index (χ0n) is 18.1. The number of pyridine rings is 2. The van der Waals surface area contributed by atoms with Gasteiger partial charge in [0.05, 0.1) is 17.8 Å². The summed E-state index contributed by atoms with van der Waals surface area (Å²) in [5.74, 6) is -0.333. The number of aromatic nitrogens is 2. The van der Waals surface area contributed by atoms with Crippen molar-refractivity contribution in [2.24, 2.45) is 11.8 Å². The van der Waals surface area contributed by atoms with Gasteiger partial charge in [0, 0.05) is 55.5 Å². The Bertz CT molecular complexity index is 1020. The van der Waals surface area contributed by atoms with E-state index in [1.807, 2.05) is 60.9 Å². The van der Waals surface area contributed by atoms with Crippen molar-refractivity contribution in [2.75, 3.05) is 13.2 Å². The number of nitrogens with one attached hydrogen (secondary N) is 1. The first-order valence-electron chi connectivity index (χ1n) is 11.0. The summed E-state index contributed by atoms with van der Waals surface area (Å²) >= 11 is 0. The average molecular weight is 423 g/mol. The predicted molar refractivity (Wildman–Crippen MR) is 119 cm³/mol. The molecule has 0 saturated carbocycles. The molecule has 2 aromatic rings. The summed E-state index contributed by atoms with van der Waals surface area (Å²) in [6.45, 7) is 5.39. The van der Waals surface area contributed by atoms with Crippen molar-refractivity contribution >= 4 is 12.0 Å². The van der Waals surface area contributed by atoms with Gasteiger partial charge in [0.25, 0.3) is 5.56 Å². The number of allylic oxidation sites excluding steroid dienone is 1. The van der Waals surface area contributed by atoms with Crippen LogP contribution in [0.3, 0.4) is 0 Å². The first-order chi connectivity index (χ1) is 15.1. The number of amides is 1. The van der Waals surface area contributed by atoms with Gasteiger partial charge >= 0.3 is 0 Å². The summed E-state index contributed by atoms with van der Waals surface area (Å²) in [4.78, 5) is 32.8. The molecule has 2 aromatic heterocycles. The van der Waals surface area contributed by atoms with Gasteiger partial charge in [-0.1, -0.05) is 25.1 Å². The van der Waals surface area contributed by atoms with Crippen LogP contribution in [-0.4, -0.2) is 44.7 Å². The van der Waals surface area contributed by atoms with Gasteiger partial charge < -0.3 is 15.0 Å². The van der Waals surface area contributed by atoms with E-state index in [2.05, 4.69) is 15.2 Å². The summed E-state index contributed by atoms with van der Waals surface area (Å²) in [6, 6.07) is 9.01. The molecule has 31 heavy (non-hydrogen) atoms. The van der Waals surface area contributed by atoms with E-state index in [4.69, 9.17) is 0 Å². The molecular formula is C24H30N4O3. The first kappa shape index (κ1) is 21.5. The van der Waals surface area contributed by atoms with Gasteiger partial charge in [-0.25, -0.2) is 0 Å². The van der Waals surface area contributed by atoms with Gasteiger partial charge in [0.2, 0.25) is 5.91 Å². The highest BCUT2D eigenvalue weighted by Crippen LogP contribution is 2.49. The molecule has 4 heterocycles. The largest absolute Gasteiger partial charge is 0.396 e. The molecule has 0 spiro atoms. The van der Waals surface area contributed by atoms with Crippen molar-refractivity contribution < 1.29 is 9.90 Å². The van der Waals surface area contributed by atoms with Gasteiger partial charge in [0.1, 0.15) is 0 Å². The van der Waals surface area contributed by atoms with E-state index in [0.29, 0.717) is 25.2 Å². The summed E-state index contributed by atoms with van der Waals surface area (Å²) in [6.07, 6.45) is 6.27. The van der Waals surface area contributed by atoms with Gasteiger partial charge in [-0.2, -0.15) is 0 Å². The van der Waals surface area contributed by atoms with Gasteiger partial charge in [-0.15, -0.1) is 0 Å². The second-order valence-corrected chi connectivity index (χ2v) is 8.31. The lowest BCUT2D eigenvalue weighted by molar-refractivity contribution is -0.128. The Labute approximate surface area is 182 Å². The van der Waals surface area contributed by atoms with E-state index in [1.165, 1.54) is 0 Å². The van der Waals surface area contributed by atoms with Crippen LogP contribution in [-0.2, 0) is 17.9 Å². The van der Waals surface area contributed by atoms with Crippen molar-refractivity contribution in [1.82, 2.24) is 19.8 Å². The Morgan fingerprint density at radius 2 is 2.16 bits per heavy atom. The molecule has 4 rings (SSSR count). The number of carbonyl (C=O) groups is 1. The summed E-state index contributed by atoms with van der Waals surface area (Å²) in [5.41, 5.74) is 2.40. The lowest BCUT2D eigenvalue weighted by Gasteiger charge is -2.30. The number of likely N-dealkylation sites (tertiary alicyclic amines) is 1. The van der Waals surface area contributed by atoms with E-state index >= 15 is 0 Å². The molecule has 1 amide bonds. The minimum atomic E-state index is -0.465. The molecule has 164 valence electrons. The Hall–Kier alpha value is -2.77. The Balaban J connectivity index is 1.77. The molecule has 0 aromatic carbocycles. The van der Waals surface area contributed by atoms with Crippen LogP contribution in [0.15, 0.2) is 47.4 Å². The maximum atomic E-state index is 13.2. The summed E-state index contributed by atoms with van der Waals surface area (Å²) in [5, 5.41) is 13.3. The first-order valence-corrected chi connectivity index (χ1v) is 11.0. The minimum absolute atomic E-state index is 0.0142. The van der Waals surface area contributed by atoms with Crippen molar-refractivity contribution in [3.63, 3.8) is 0 Å². The van der Waals surface area contributed by atoms with E-state index in [9.17, 15) is 14.7 Å². The molecular weight excluding hydrogens is 392 g/mol. The maximum absolute atomic E-state index is 13.2. The molecule has 0 unspecified atom stereocenters. The van der Waals surface area contributed by atoms with Gasteiger partial charge in [-0.05, 0) is 37.6 Å². The van der Waals surface area contributed by atoms with E-state index in [1.54, 1.807) is 6.20 Å². The maximum Gasteiger partial charge on any atom is 0.258 e. The van der Waals surface area contributed by atoms with Gasteiger partial charge in [0.15, 0.2) is 0 Å². The van der Waals surface area contributed by atoms with Crippen LogP contribution >= 0.6 is 0 Å². The molecule has 2 aliphatic heterocycles. The summed E-state index contributed by atoms with van der Waals surface area (Å²) < 4.78 is 1.82. The number of fused-ring (bicyclic) bond motifs is 3. The second kappa shape index (κ2) is 9.16. The van der Waals surface area contributed by atoms with Crippen molar-refractivity contribution in [3.8, 4) is 0 Å². The normalized spacial score (nSPS) is 25.0. The quantitative estimate of drug-likeness (QED) is 0.712. The number of nitrogens with zero attached hydrogens (tertiary/aromatic N) is 3. The number of carbonyl (C=O) groups excluding carboxylic acids is 1. The van der Waals surface area contributed by atoms with Crippen molar-refractivity contribution in [3.05, 3.63) is 69.9 Å². The van der Waals surface area contributed by atoms with Crippen LogP contribution in [0.2, 0.25) is 0 Å². The van der Waals surface area contributed by atoms with Crippen LogP contribution < -0.4 is 10.9 Å². The fourth-order valence-corrected chi connectivity index (χ4v) is 5.14. The standard InChI is InChI=1S/C24H30N4O3/c1-3-7-16-9-10-20-21-18(14-27(20)24(16)31)19(15-29)22(23(30)26-11-4-2)28(21)13-17-8-5-6-12-25-17/h3,5-10,12,18-19,21-22,29H,4,11,13-15H2,1-2H3,(H,26,30)/b7-3+/t18-,19-,21+,22-/m0/s1. The zero-order valence-corrected chi connectivity index (χ0v) is 18.1. The highest BCUT2D eigenvalue weighted by molar-refractivity contribution is 5.82. The van der Waals surface area contributed by atoms with E-state index in [-0.39, 0.29) is 36.0 Å². The van der Waals surface area contributed by atoms with Crippen LogP contribution in [0.25, 0.3) is 6.08 Å². The molecule has 4 atom stereocenters. The third kappa shape index (κ3) is 3.83. The van der Waals surface area contributed by atoms with Crippen molar-refractivity contribution in [1.29, 1.82) is 0 Å². The van der Waals surface area contributed by atoms with Crippen molar-refractivity contribution in [2.45, 2.75) is 45.4 Å². The molecule has 0 aliphatic carbocycles. The van der Waals surface area contributed by atoms with Crippen LogP contribution in [0.1, 0.15) is 43.3 Å². The molecule has 2 N–H and O–H groups in total. The lowest BCUT2D eigenvalue weighted by Crippen LogP contribution is -2.48. The lowest BCUT2D eigenvalue weighted by atomic mass is 9.88. The summed E-state index contributed by atoms with van der Waals surface area (Å²) in [7, 11) is 0. The molecule has 7 nitrogen and oxygen atoms in total. The monoisotopic (exact) mass is 422 g/mol. The minimum Gasteiger partial charge on any atom is -0.396 e. The number of aliphatic hydroxyl groups is 1. The fourth-order valence-electron chi connectivity index (χ4n) is 5.14. The number of aliphatic hydroxyl groups excluding tert-OH is 1. The van der Waals surface area contributed by atoms with Gasteiger partial charge in [-0.3, -0.25) is 19.5 Å². The number of hydrogen-bond donors (Lipinski definition) is 2.